The van der Waals surface area contributed by atoms with Crippen LogP contribution in [0.3, 0.4) is 0 Å². The van der Waals surface area contributed by atoms with Gasteiger partial charge in [0.2, 0.25) is 0 Å². The van der Waals surface area contributed by atoms with Crippen LogP contribution in [0.4, 0.5) is 0 Å². The molecule has 2 aromatic rings. The number of hydrogen-bond acceptors (Lipinski definition) is 2. The van der Waals surface area contributed by atoms with Crippen LogP contribution in [-0.4, -0.2) is 10.2 Å². The summed E-state index contributed by atoms with van der Waals surface area (Å²) in [4.78, 5) is 0. The molecule has 0 saturated heterocycles. The molecule has 2 aromatic carbocycles. The minimum atomic E-state index is 0. The average molecular weight is 254 g/mol. The zero-order chi connectivity index (χ0) is 10.2. The smallest absolute Gasteiger partial charge is 0.115 e. The summed E-state index contributed by atoms with van der Waals surface area (Å²) in [6.07, 6.45) is 0. The maximum atomic E-state index is 8.63. The Morgan fingerprint density at radius 3 is 0.933 bits per heavy atom. The van der Waals surface area contributed by atoms with Crippen LogP contribution in [0.5, 0.6) is 11.5 Å². The molecule has 0 saturated carbocycles. The number of benzene rings is 2. The van der Waals surface area contributed by atoms with Crippen molar-refractivity contribution in [3.63, 3.8) is 0 Å². The molecule has 74 valence electrons. The Labute approximate surface area is 102 Å². The fraction of sp³-hybridized carbons (Fsp3) is 0. The molecule has 2 nitrogen and oxygen atoms in total. The first-order chi connectivity index (χ1) is 6.79. The quantitative estimate of drug-likeness (QED) is 0.709. The van der Waals surface area contributed by atoms with E-state index in [0.29, 0.717) is 11.5 Å². The van der Waals surface area contributed by atoms with Gasteiger partial charge in [-0.05, 0) is 24.3 Å². The second-order valence-electron chi connectivity index (χ2n) is 2.67. The Morgan fingerprint density at radius 1 is 0.533 bits per heavy atom. The maximum Gasteiger partial charge on any atom is 0.115 e. The Balaban J connectivity index is 0.000000245. The van der Waals surface area contributed by atoms with Gasteiger partial charge in [-0.2, -0.15) is 0 Å². The Kier molecular flexibility index (Phi) is 7.30. The summed E-state index contributed by atoms with van der Waals surface area (Å²) in [6, 6.07) is 17.4. The Bertz CT molecular complexity index is 311. The molecule has 0 bridgehead atoms. The third-order valence-electron chi connectivity index (χ3n) is 1.51. The Morgan fingerprint density at radius 2 is 0.800 bits per heavy atom. The molecule has 0 spiro atoms. The van der Waals surface area contributed by atoms with Gasteiger partial charge >= 0.3 is 0 Å². The maximum absolute atomic E-state index is 8.63. The predicted octanol–water partition coefficient (Wildman–Crippen LogP) is 2.78. The van der Waals surface area contributed by atoms with Gasteiger partial charge in [0.05, 0.1) is 0 Å². The number of rotatable bonds is 0. The summed E-state index contributed by atoms with van der Waals surface area (Å²) in [5.74, 6) is 0.644. The minimum Gasteiger partial charge on any atom is -0.508 e. The predicted molar refractivity (Wildman–Crippen MR) is 56.2 cm³/mol. The van der Waals surface area contributed by atoms with E-state index in [0.717, 1.165) is 0 Å². The molecule has 0 radical (unpaired) electrons. The molecule has 15 heavy (non-hydrogen) atoms. The van der Waals surface area contributed by atoms with E-state index in [9.17, 15) is 0 Å². The third kappa shape index (κ3) is 6.70. The van der Waals surface area contributed by atoms with Crippen molar-refractivity contribution in [1.29, 1.82) is 0 Å². The largest absolute Gasteiger partial charge is 0.508 e. The monoisotopic (exact) mass is 252 g/mol. The topological polar surface area (TPSA) is 40.5 Å². The molecule has 0 unspecified atom stereocenters. The molecule has 2 rings (SSSR count). The molecule has 0 heterocycles. The van der Waals surface area contributed by atoms with Gasteiger partial charge in [-0.3, -0.25) is 0 Å². The summed E-state index contributed by atoms with van der Waals surface area (Å²) in [6.45, 7) is 0. The van der Waals surface area contributed by atoms with Crippen LogP contribution in [0, 0.1) is 0 Å². The SMILES string of the molecule is Oc1ccccc1.Oc1ccccc1.[Zn]. The van der Waals surface area contributed by atoms with Gasteiger partial charge in [0, 0.05) is 19.5 Å². The minimum absolute atomic E-state index is 0. The van der Waals surface area contributed by atoms with Gasteiger partial charge in [-0.15, -0.1) is 0 Å². The van der Waals surface area contributed by atoms with Crippen molar-refractivity contribution < 1.29 is 29.7 Å². The van der Waals surface area contributed by atoms with Gasteiger partial charge in [0.15, 0.2) is 0 Å². The number of phenolic OH excluding ortho intramolecular Hbond substituents is 2. The first kappa shape index (κ1) is 13.7. The van der Waals surface area contributed by atoms with Crippen molar-refractivity contribution in [3.8, 4) is 11.5 Å². The van der Waals surface area contributed by atoms with Crippen molar-refractivity contribution in [2.45, 2.75) is 0 Å². The van der Waals surface area contributed by atoms with Crippen LogP contribution in [0.2, 0.25) is 0 Å². The van der Waals surface area contributed by atoms with E-state index >= 15 is 0 Å². The van der Waals surface area contributed by atoms with Gasteiger partial charge < -0.3 is 10.2 Å². The molecular weight excluding hydrogens is 242 g/mol. The molecule has 0 fully saturated rings. The van der Waals surface area contributed by atoms with Gasteiger partial charge in [-0.1, -0.05) is 36.4 Å². The molecule has 2 N–H and O–H groups in total. The van der Waals surface area contributed by atoms with Crippen molar-refractivity contribution in [2.75, 3.05) is 0 Å². The van der Waals surface area contributed by atoms with E-state index < -0.39 is 0 Å². The number of para-hydroxylation sites is 2. The summed E-state index contributed by atoms with van der Waals surface area (Å²) in [5.41, 5.74) is 0. The molecule has 0 amide bonds. The van der Waals surface area contributed by atoms with Crippen LogP contribution in [0.1, 0.15) is 0 Å². The van der Waals surface area contributed by atoms with Crippen molar-refractivity contribution in [2.24, 2.45) is 0 Å². The first-order valence-corrected chi connectivity index (χ1v) is 4.27. The molecular formula is C12H12O2Zn. The van der Waals surface area contributed by atoms with Gasteiger partial charge in [-0.25, -0.2) is 0 Å². The van der Waals surface area contributed by atoms with Crippen molar-refractivity contribution >= 4 is 0 Å². The zero-order valence-electron chi connectivity index (χ0n) is 8.38. The van der Waals surface area contributed by atoms with E-state index in [-0.39, 0.29) is 19.5 Å². The van der Waals surface area contributed by atoms with Crippen LogP contribution < -0.4 is 0 Å². The fourth-order valence-electron chi connectivity index (χ4n) is 0.856. The second-order valence-corrected chi connectivity index (χ2v) is 2.67. The summed E-state index contributed by atoms with van der Waals surface area (Å²) < 4.78 is 0. The number of phenols is 2. The van der Waals surface area contributed by atoms with E-state index in [2.05, 4.69) is 0 Å². The van der Waals surface area contributed by atoms with E-state index in [1.54, 1.807) is 48.5 Å². The van der Waals surface area contributed by atoms with Crippen molar-refractivity contribution in [1.82, 2.24) is 0 Å². The zero-order valence-corrected chi connectivity index (χ0v) is 11.3. The van der Waals surface area contributed by atoms with Crippen LogP contribution in [0.15, 0.2) is 60.7 Å². The van der Waals surface area contributed by atoms with Crippen LogP contribution in [-0.2, 0) is 19.5 Å². The summed E-state index contributed by atoms with van der Waals surface area (Å²) in [7, 11) is 0. The summed E-state index contributed by atoms with van der Waals surface area (Å²) in [5, 5.41) is 17.3. The van der Waals surface area contributed by atoms with Gasteiger partial charge in [0.25, 0.3) is 0 Å². The van der Waals surface area contributed by atoms with E-state index in [4.69, 9.17) is 10.2 Å². The normalized spacial score (nSPS) is 8.00. The van der Waals surface area contributed by atoms with Crippen molar-refractivity contribution in [3.05, 3.63) is 60.7 Å². The summed E-state index contributed by atoms with van der Waals surface area (Å²) >= 11 is 0. The molecule has 0 aliphatic rings. The fourth-order valence-corrected chi connectivity index (χ4v) is 0.856. The second kappa shape index (κ2) is 8.01. The van der Waals surface area contributed by atoms with Crippen LogP contribution in [0.25, 0.3) is 0 Å². The molecule has 3 heteroatoms. The number of hydrogen-bond donors (Lipinski definition) is 2. The average Bonchev–Trinajstić information content (AvgIpc) is 2.21. The number of aromatic hydroxyl groups is 2. The Hall–Kier alpha value is -1.34. The molecule has 0 aromatic heterocycles. The standard InChI is InChI=1S/2C6H6O.Zn/c2*7-6-4-2-1-3-5-6;/h2*1-5,7H;. The molecule has 0 aliphatic heterocycles. The van der Waals surface area contributed by atoms with E-state index in [1.165, 1.54) is 0 Å². The third-order valence-corrected chi connectivity index (χ3v) is 1.51. The van der Waals surface area contributed by atoms with Crippen LogP contribution >= 0.6 is 0 Å². The first-order valence-electron chi connectivity index (χ1n) is 4.27. The molecule has 0 atom stereocenters. The van der Waals surface area contributed by atoms with E-state index in [1.807, 2.05) is 12.1 Å². The molecule has 0 aliphatic carbocycles. The van der Waals surface area contributed by atoms with Gasteiger partial charge in [0.1, 0.15) is 11.5 Å².